The van der Waals surface area contributed by atoms with Gasteiger partial charge in [0.05, 0.1) is 11.9 Å². The van der Waals surface area contributed by atoms with Crippen molar-refractivity contribution in [2.45, 2.75) is 26.8 Å². The molecule has 0 spiro atoms. The van der Waals surface area contributed by atoms with E-state index >= 15 is 0 Å². The quantitative estimate of drug-likeness (QED) is 0.739. The van der Waals surface area contributed by atoms with E-state index in [0.717, 1.165) is 29.9 Å². The zero-order valence-corrected chi connectivity index (χ0v) is 12.2. The van der Waals surface area contributed by atoms with Crippen molar-refractivity contribution < 1.29 is 0 Å². The largest absolute Gasteiger partial charge is 0.315 e. The molecule has 3 heterocycles. The minimum atomic E-state index is 0.0170. The van der Waals surface area contributed by atoms with Crippen molar-refractivity contribution in [3.05, 3.63) is 53.2 Å². The van der Waals surface area contributed by atoms with Crippen molar-refractivity contribution in [3.8, 4) is 11.3 Å². The summed E-state index contributed by atoms with van der Waals surface area (Å²) in [5.41, 5.74) is 2.42. The van der Waals surface area contributed by atoms with Crippen LogP contribution in [-0.2, 0) is 6.54 Å². The van der Waals surface area contributed by atoms with Gasteiger partial charge < -0.3 is 4.57 Å². The summed E-state index contributed by atoms with van der Waals surface area (Å²) in [7, 11) is 0. The fraction of sp³-hybridized carbons (Fsp3) is 0.312. The van der Waals surface area contributed by atoms with Gasteiger partial charge in [-0.3, -0.25) is 4.79 Å². The highest BCUT2D eigenvalue weighted by Gasteiger charge is 2.05. The lowest BCUT2D eigenvalue weighted by Crippen LogP contribution is -2.19. The van der Waals surface area contributed by atoms with E-state index in [0.29, 0.717) is 5.92 Å². The van der Waals surface area contributed by atoms with Gasteiger partial charge in [-0.25, -0.2) is 9.50 Å². The lowest BCUT2D eigenvalue weighted by molar-refractivity contribution is 0.508. The first-order chi connectivity index (χ1) is 10.1. The summed E-state index contributed by atoms with van der Waals surface area (Å²) >= 11 is 0. The van der Waals surface area contributed by atoms with E-state index in [1.807, 2.05) is 30.6 Å². The number of hydrogen-bond donors (Lipinski definition) is 0. The molecule has 0 aliphatic rings. The zero-order valence-electron chi connectivity index (χ0n) is 12.2. The number of rotatable bonds is 4. The van der Waals surface area contributed by atoms with Crippen LogP contribution >= 0.6 is 0 Å². The Kier molecular flexibility index (Phi) is 3.56. The molecule has 0 aromatic carbocycles. The fourth-order valence-corrected chi connectivity index (χ4v) is 2.22. The third-order valence-electron chi connectivity index (χ3n) is 3.50. The Labute approximate surface area is 122 Å². The van der Waals surface area contributed by atoms with E-state index in [9.17, 15) is 4.79 Å². The van der Waals surface area contributed by atoms with Crippen LogP contribution in [0, 0.1) is 5.92 Å². The third kappa shape index (κ3) is 2.86. The summed E-state index contributed by atoms with van der Waals surface area (Å²) in [6, 6.07) is 7.30. The van der Waals surface area contributed by atoms with Gasteiger partial charge in [-0.2, -0.15) is 5.10 Å². The molecule has 0 N–H and O–H groups in total. The summed E-state index contributed by atoms with van der Waals surface area (Å²) < 4.78 is 3.45. The molecular weight excluding hydrogens is 264 g/mol. The Morgan fingerprint density at radius 2 is 2.05 bits per heavy atom. The summed E-state index contributed by atoms with van der Waals surface area (Å²) in [6.07, 6.45) is 6.40. The number of nitrogens with zero attached hydrogens (tertiary/aromatic N) is 4. The summed E-state index contributed by atoms with van der Waals surface area (Å²) in [5.74, 6) is 0.586. The summed E-state index contributed by atoms with van der Waals surface area (Å²) in [6.45, 7) is 5.07. The average Bonchev–Trinajstić information content (AvgIpc) is 2.93. The highest BCUT2D eigenvalue weighted by molar-refractivity contribution is 5.60. The molecule has 0 saturated heterocycles. The molecule has 0 saturated carbocycles. The molecule has 3 rings (SSSR count). The van der Waals surface area contributed by atoms with Crippen LogP contribution in [0.4, 0.5) is 0 Å². The van der Waals surface area contributed by atoms with Crippen LogP contribution in [0.1, 0.15) is 20.3 Å². The van der Waals surface area contributed by atoms with E-state index in [1.54, 1.807) is 21.3 Å². The van der Waals surface area contributed by atoms with E-state index in [-0.39, 0.29) is 5.56 Å². The molecule has 0 bridgehead atoms. The first-order valence-corrected chi connectivity index (χ1v) is 7.15. The highest BCUT2D eigenvalue weighted by atomic mass is 16.1. The molecule has 108 valence electrons. The fourth-order valence-electron chi connectivity index (χ4n) is 2.22. The molecule has 0 aliphatic carbocycles. The average molecular weight is 282 g/mol. The van der Waals surface area contributed by atoms with Gasteiger partial charge in [0.15, 0.2) is 5.65 Å². The standard InChI is InChI=1S/C16H18N4O/c1-12(2)4-8-19-9-5-13(11-16(19)21)14-6-10-20-15(18-14)3-7-17-20/h3,5-7,9-12H,4,8H2,1-2H3. The van der Waals surface area contributed by atoms with E-state index in [2.05, 4.69) is 23.9 Å². The SMILES string of the molecule is CC(C)CCn1ccc(-c2ccn3nccc3n2)cc1=O. The van der Waals surface area contributed by atoms with E-state index in [1.165, 1.54) is 0 Å². The Balaban J connectivity index is 1.92. The first-order valence-electron chi connectivity index (χ1n) is 7.15. The second kappa shape index (κ2) is 5.52. The predicted octanol–water partition coefficient (Wildman–Crippen LogP) is 2.60. The molecule has 3 aromatic heterocycles. The molecule has 0 aliphatic heterocycles. The lowest BCUT2D eigenvalue weighted by atomic mass is 10.1. The smallest absolute Gasteiger partial charge is 0.251 e. The minimum Gasteiger partial charge on any atom is -0.315 e. The monoisotopic (exact) mass is 282 g/mol. The molecule has 3 aromatic rings. The Morgan fingerprint density at radius 1 is 1.19 bits per heavy atom. The van der Waals surface area contributed by atoms with Gasteiger partial charge in [0.2, 0.25) is 0 Å². The molecule has 0 fully saturated rings. The first kappa shape index (κ1) is 13.5. The van der Waals surface area contributed by atoms with E-state index in [4.69, 9.17) is 0 Å². The second-order valence-electron chi connectivity index (χ2n) is 5.58. The molecule has 0 radical (unpaired) electrons. The number of pyridine rings is 1. The number of hydrogen-bond acceptors (Lipinski definition) is 3. The van der Waals surface area contributed by atoms with Crippen LogP contribution in [-0.4, -0.2) is 19.2 Å². The number of aromatic nitrogens is 4. The van der Waals surface area contributed by atoms with Crippen LogP contribution in [0.3, 0.4) is 0 Å². The topological polar surface area (TPSA) is 52.2 Å². The molecular formula is C16H18N4O. The van der Waals surface area contributed by atoms with Crippen LogP contribution in [0.5, 0.6) is 0 Å². The zero-order chi connectivity index (χ0) is 14.8. The molecule has 0 amide bonds. The van der Waals surface area contributed by atoms with Crippen molar-refractivity contribution in [2.75, 3.05) is 0 Å². The third-order valence-corrected chi connectivity index (χ3v) is 3.50. The van der Waals surface area contributed by atoms with Gasteiger partial charge in [0.1, 0.15) is 0 Å². The van der Waals surface area contributed by atoms with Gasteiger partial charge in [-0.1, -0.05) is 13.8 Å². The number of fused-ring (bicyclic) bond motifs is 1. The minimum absolute atomic E-state index is 0.0170. The van der Waals surface area contributed by atoms with Crippen LogP contribution in [0.25, 0.3) is 16.9 Å². The normalized spacial score (nSPS) is 11.4. The van der Waals surface area contributed by atoms with Gasteiger partial charge in [-0.05, 0) is 24.5 Å². The van der Waals surface area contributed by atoms with Gasteiger partial charge in [-0.15, -0.1) is 0 Å². The maximum absolute atomic E-state index is 12.2. The van der Waals surface area contributed by atoms with Gasteiger partial charge in [0, 0.05) is 36.6 Å². The molecule has 21 heavy (non-hydrogen) atoms. The van der Waals surface area contributed by atoms with Crippen LogP contribution in [0.15, 0.2) is 47.7 Å². The molecule has 0 atom stereocenters. The summed E-state index contributed by atoms with van der Waals surface area (Å²) in [5, 5.41) is 4.11. The van der Waals surface area contributed by atoms with Crippen molar-refractivity contribution in [1.29, 1.82) is 0 Å². The maximum Gasteiger partial charge on any atom is 0.251 e. The van der Waals surface area contributed by atoms with Crippen molar-refractivity contribution >= 4 is 5.65 Å². The van der Waals surface area contributed by atoms with E-state index < -0.39 is 0 Å². The highest BCUT2D eigenvalue weighted by Crippen LogP contribution is 2.15. The predicted molar refractivity (Wildman–Crippen MR) is 82.1 cm³/mol. The molecule has 5 nitrogen and oxygen atoms in total. The summed E-state index contributed by atoms with van der Waals surface area (Å²) in [4.78, 5) is 16.7. The van der Waals surface area contributed by atoms with Crippen molar-refractivity contribution in [3.63, 3.8) is 0 Å². The Hall–Kier alpha value is -2.43. The Morgan fingerprint density at radius 3 is 2.81 bits per heavy atom. The van der Waals surface area contributed by atoms with Crippen LogP contribution in [0.2, 0.25) is 0 Å². The van der Waals surface area contributed by atoms with Gasteiger partial charge in [0.25, 0.3) is 5.56 Å². The van der Waals surface area contributed by atoms with Crippen molar-refractivity contribution in [2.24, 2.45) is 5.92 Å². The number of aryl methyl sites for hydroxylation is 1. The molecule has 5 heteroatoms. The molecule has 0 unspecified atom stereocenters. The van der Waals surface area contributed by atoms with Crippen LogP contribution < -0.4 is 5.56 Å². The lowest BCUT2D eigenvalue weighted by Gasteiger charge is -2.09. The second-order valence-corrected chi connectivity index (χ2v) is 5.58. The Bertz CT molecular complexity index is 816. The van der Waals surface area contributed by atoms with Crippen molar-refractivity contribution in [1.82, 2.24) is 19.2 Å². The maximum atomic E-state index is 12.2. The van der Waals surface area contributed by atoms with Gasteiger partial charge >= 0.3 is 0 Å².